The molecule has 0 fully saturated rings. The van der Waals surface area contributed by atoms with Crippen molar-refractivity contribution in [2.24, 2.45) is 0 Å². The summed E-state index contributed by atoms with van der Waals surface area (Å²) in [4.78, 5) is 33.6. The Kier molecular flexibility index (Phi) is 6.92. The Balaban J connectivity index is 1.51. The number of aryl methyl sites for hydroxylation is 1. The molecule has 1 amide bonds. The van der Waals surface area contributed by atoms with Gasteiger partial charge in [0.25, 0.3) is 5.56 Å². The lowest BCUT2D eigenvalue weighted by molar-refractivity contribution is -0.113. The van der Waals surface area contributed by atoms with Gasteiger partial charge in [0, 0.05) is 36.9 Å². The van der Waals surface area contributed by atoms with E-state index in [1.807, 2.05) is 72.9 Å². The zero-order chi connectivity index (χ0) is 22.5. The highest BCUT2D eigenvalue weighted by Crippen LogP contribution is 2.20. The van der Waals surface area contributed by atoms with E-state index < -0.39 is 0 Å². The van der Waals surface area contributed by atoms with Crippen molar-refractivity contribution in [2.75, 3.05) is 30.1 Å². The minimum Gasteiger partial charge on any atom is -0.378 e. The molecular formula is C24H24N4O2S2. The summed E-state index contributed by atoms with van der Waals surface area (Å²) >= 11 is 2.95. The summed E-state index contributed by atoms with van der Waals surface area (Å²) in [5, 5.41) is 6.09. The molecule has 32 heavy (non-hydrogen) atoms. The summed E-state index contributed by atoms with van der Waals surface area (Å²) in [6.07, 6.45) is 0.746. The van der Waals surface area contributed by atoms with Gasteiger partial charge in [-0.15, -0.1) is 11.3 Å². The van der Waals surface area contributed by atoms with Gasteiger partial charge in [0.15, 0.2) is 5.16 Å². The van der Waals surface area contributed by atoms with Crippen LogP contribution < -0.4 is 15.8 Å². The van der Waals surface area contributed by atoms with Gasteiger partial charge in [0.05, 0.1) is 16.7 Å². The number of nitrogens with zero attached hydrogens (tertiary/aromatic N) is 3. The third-order valence-corrected chi connectivity index (χ3v) is 6.90. The number of rotatable bonds is 8. The summed E-state index contributed by atoms with van der Waals surface area (Å²) in [6, 6.07) is 19.1. The van der Waals surface area contributed by atoms with Gasteiger partial charge in [-0.25, -0.2) is 4.98 Å². The number of fused-ring (bicyclic) bond motifs is 1. The van der Waals surface area contributed by atoms with Gasteiger partial charge in [0.1, 0.15) is 0 Å². The number of benzene rings is 2. The molecular weight excluding hydrogens is 440 g/mol. The quantitative estimate of drug-likeness (QED) is 0.307. The highest BCUT2D eigenvalue weighted by atomic mass is 32.2. The van der Waals surface area contributed by atoms with E-state index >= 15 is 0 Å². The molecule has 0 atom stereocenters. The summed E-state index contributed by atoms with van der Waals surface area (Å²) in [6.45, 7) is 0.521. The van der Waals surface area contributed by atoms with Crippen LogP contribution in [-0.2, 0) is 17.8 Å². The number of hydrogen-bond donors (Lipinski definition) is 1. The Labute approximate surface area is 194 Å². The Morgan fingerprint density at radius 1 is 1.09 bits per heavy atom. The second kappa shape index (κ2) is 10.0. The van der Waals surface area contributed by atoms with E-state index in [1.54, 1.807) is 22.0 Å². The van der Waals surface area contributed by atoms with Crippen LogP contribution in [0.15, 0.2) is 76.0 Å². The molecule has 2 aromatic heterocycles. The fourth-order valence-electron chi connectivity index (χ4n) is 3.30. The first-order valence-corrected chi connectivity index (χ1v) is 12.1. The Morgan fingerprint density at radius 2 is 1.88 bits per heavy atom. The topological polar surface area (TPSA) is 67.2 Å². The third-order valence-electron chi connectivity index (χ3n) is 4.99. The zero-order valence-electron chi connectivity index (χ0n) is 17.9. The molecule has 0 aliphatic rings. The maximum absolute atomic E-state index is 13.1. The number of nitrogens with one attached hydrogen (secondary N) is 1. The van der Waals surface area contributed by atoms with Crippen molar-refractivity contribution in [3.8, 4) is 0 Å². The van der Waals surface area contributed by atoms with Crippen molar-refractivity contribution >= 4 is 51.3 Å². The first-order valence-electron chi connectivity index (χ1n) is 10.2. The average Bonchev–Trinajstić information content (AvgIpc) is 3.31. The van der Waals surface area contributed by atoms with Crippen molar-refractivity contribution in [3.63, 3.8) is 0 Å². The zero-order valence-corrected chi connectivity index (χ0v) is 19.6. The molecule has 8 heteroatoms. The summed E-state index contributed by atoms with van der Waals surface area (Å²) in [7, 11) is 3.94. The van der Waals surface area contributed by atoms with Crippen molar-refractivity contribution in [3.05, 3.63) is 81.3 Å². The number of hydrogen-bond acceptors (Lipinski definition) is 6. The lowest BCUT2D eigenvalue weighted by atomic mass is 10.2. The van der Waals surface area contributed by atoms with Crippen LogP contribution in [0.1, 0.15) is 4.88 Å². The number of thioether (sulfide) groups is 1. The summed E-state index contributed by atoms with van der Waals surface area (Å²) in [5.74, 6) is 0.0268. The molecule has 2 heterocycles. The van der Waals surface area contributed by atoms with Crippen LogP contribution in [0.3, 0.4) is 0 Å². The van der Waals surface area contributed by atoms with E-state index in [0.717, 1.165) is 17.8 Å². The third kappa shape index (κ3) is 5.20. The highest BCUT2D eigenvalue weighted by molar-refractivity contribution is 7.99. The SMILES string of the molecule is CN(C)c1ccc(NC(=O)CSc2nc3ccccc3c(=O)n2CCc2cccs2)cc1. The van der Waals surface area contributed by atoms with Gasteiger partial charge in [-0.05, 0) is 54.3 Å². The van der Waals surface area contributed by atoms with Gasteiger partial charge in [-0.2, -0.15) is 0 Å². The maximum Gasteiger partial charge on any atom is 0.262 e. The van der Waals surface area contributed by atoms with Crippen LogP contribution in [0.2, 0.25) is 0 Å². The predicted molar refractivity (Wildman–Crippen MR) is 134 cm³/mol. The van der Waals surface area contributed by atoms with Crippen LogP contribution in [0.5, 0.6) is 0 Å². The van der Waals surface area contributed by atoms with Gasteiger partial charge in [-0.3, -0.25) is 14.2 Å². The van der Waals surface area contributed by atoms with E-state index in [9.17, 15) is 9.59 Å². The Hall–Kier alpha value is -3.10. The van der Waals surface area contributed by atoms with Crippen molar-refractivity contribution in [1.82, 2.24) is 9.55 Å². The molecule has 1 N–H and O–H groups in total. The molecule has 0 saturated carbocycles. The molecule has 0 bridgehead atoms. The molecule has 2 aromatic carbocycles. The lowest BCUT2D eigenvalue weighted by Gasteiger charge is -2.14. The number of thiophene rings is 1. The molecule has 0 spiro atoms. The standard InChI is InChI=1S/C24H24N4O2S2/c1-27(2)18-11-9-17(10-12-18)25-22(29)16-32-24-26-21-8-4-3-7-20(21)23(30)28(24)14-13-19-6-5-15-31-19/h3-12,15H,13-14,16H2,1-2H3,(H,25,29). The summed E-state index contributed by atoms with van der Waals surface area (Å²) in [5.41, 5.74) is 2.37. The van der Waals surface area contributed by atoms with E-state index in [4.69, 9.17) is 0 Å². The predicted octanol–water partition coefficient (Wildman–Crippen LogP) is 4.50. The van der Waals surface area contributed by atoms with Gasteiger partial charge in [-0.1, -0.05) is 30.0 Å². The van der Waals surface area contributed by atoms with Crippen molar-refractivity contribution in [2.45, 2.75) is 18.1 Å². The van der Waals surface area contributed by atoms with Gasteiger partial charge >= 0.3 is 0 Å². The van der Waals surface area contributed by atoms with Crippen LogP contribution in [0.25, 0.3) is 10.9 Å². The first kappa shape index (κ1) is 22.1. The van der Waals surface area contributed by atoms with Gasteiger partial charge in [0.2, 0.25) is 5.91 Å². The van der Waals surface area contributed by atoms with Gasteiger partial charge < -0.3 is 10.2 Å². The number of carbonyl (C=O) groups is 1. The van der Waals surface area contributed by atoms with E-state index in [1.165, 1.54) is 16.6 Å². The smallest absolute Gasteiger partial charge is 0.262 e. The second-order valence-electron chi connectivity index (χ2n) is 7.48. The van der Waals surface area contributed by atoms with E-state index in [0.29, 0.717) is 22.6 Å². The Bertz CT molecular complexity index is 1270. The largest absolute Gasteiger partial charge is 0.378 e. The fraction of sp³-hybridized carbons (Fsp3) is 0.208. The normalized spacial score (nSPS) is 10.9. The molecule has 6 nitrogen and oxygen atoms in total. The fourth-order valence-corrected chi connectivity index (χ4v) is 4.83. The molecule has 0 aliphatic heterocycles. The maximum atomic E-state index is 13.1. The minimum atomic E-state index is -0.139. The number of aromatic nitrogens is 2. The highest BCUT2D eigenvalue weighted by Gasteiger charge is 2.14. The molecule has 4 aromatic rings. The minimum absolute atomic E-state index is 0.0747. The first-order chi connectivity index (χ1) is 15.5. The molecule has 164 valence electrons. The molecule has 0 radical (unpaired) electrons. The number of anilines is 2. The lowest BCUT2D eigenvalue weighted by Crippen LogP contribution is -2.25. The second-order valence-corrected chi connectivity index (χ2v) is 9.45. The van der Waals surface area contributed by atoms with Crippen molar-refractivity contribution < 1.29 is 4.79 Å². The van der Waals surface area contributed by atoms with Crippen LogP contribution in [0, 0.1) is 0 Å². The number of amides is 1. The average molecular weight is 465 g/mol. The Morgan fingerprint density at radius 3 is 2.59 bits per heavy atom. The van der Waals surface area contributed by atoms with Crippen LogP contribution in [-0.4, -0.2) is 35.3 Å². The monoisotopic (exact) mass is 464 g/mol. The molecule has 0 unspecified atom stereocenters. The molecule has 0 aliphatic carbocycles. The summed E-state index contributed by atoms with van der Waals surface area (Å²) < 4.78 is 1.69. The van der Waals surface area contributed by atoms with Crippen LogP contribution >= 0.6 is 23.1 Å². The number of para-hydroxylation sites is 1. The van der Waals surface area contributed by atoms with Crippen molar-refractivity contribution in [1.29, 1.82) is 0 Å². The van der Waals surface area contributed by atoms with E-state index in [2.05, 4.69) is 16.4 Å². The molecule has 4 rings (SSSR count). The number of carbonyl (C=O) groups excluding carboxylic acids is 1. The van der Waals surface area contributed by atoms with Crippen LogP contribution in [0.4, 0.5) is 11.4 Å². The molecule has 0 saturated heterocycles. The van der Waals surface area contributed by atoms with E-state index in [-0.39, 0.29) is 17.2 Å².